The van der Waals surface area contributed by atoms with Gasteiger partial charge < -0.3 is 14.2 Å². The van der Waals surface area contributed by atoms with E-state index in [2.05, 4.69) is 0 Å². The molecular weight excluding hydrogens is 288 g/mol. The smallest absolute Gasteiger partial charge is 0.310 e. The van der Waals surface area contributed by atoms with Crippen LogP contribution < -0.4 is 0 Å². The number of rotatable bonds is 9. The van der Waals surface area contributed by atoms with Gasteiger partial charge in [0.1, 0.15) is 18.3 Å². The topological polar surface area (TPSA) is 78.9 Å². The van der Waals surface area contributed by atoms with Crippen LogP contribution in [0.2, 0.25) is 0 Å². The molecule has 0 saturated carbocycles. The summed E-state index contributed by atoms with van der Waals surface area (Å²) in [6.07, 6.45) is 0.926. The van der Waals surface area contributed by atoms with Gasteiger partial charge in [-0.1, -0.05) is 13.8 Å². The van der Waals surface area contributed by atoms with Gasteiger partial charge in [0, 0.05) is 12.8 Å². The van der Waals surface area contributed by atoms with Gasteiger partial charge in [0.05, 0.1) is 6.42 Å². The Morgan fingerprint density at radius 2 is 1.45 bits per heavy atom. The Labute approximate surface area is 132 Å². The maximum Gasteiger partial charge on any atom is 0.310 e. The minimum absolute atomic E-state index is 0.131. The second-order valence-corrected chi connectivity index (χ2v) is 6.09. The molecule has 0 aliphatic carbocycles. The zero-order valence-corrected chi connectivity index (χ0v) is 14.3. The van der Waals surface area contributed by atoms with Gasteiger partial charge in [-0.05, 0) is 33.6 Å². The highest BCUT2D eigenvalue weighted by molar-refractivity contribution is 5.73. The fourth-order valence-electron chi connectivity index (χ4n) is 1.61. The Morgan fingerprint density at radius 1 is 0.909 bits per heavy atom. The van der Waals surface area contributed by atoms with Gasteiger partial charge in [-0.25, -0.2) is 0 Å². The van der Waals surface area contributed by atoms with Gasteiger partial charge in [-0.3, -0.25) is 14.4 Å². The number of esters is 3. The fraction of sp³-hybridized carbons (Fsp3) is 0.812. The van der Waals surface area contributed by atoms with Gasteiger partial charge in [0.2, 0.25) is 0 Å². The first-order valence-electron chi connectivity index (χ1n) is 7.74. The first-order chi connectivity index (χ1) is 10.2. The SMILES string of the molecule is CCCC(=O)OCC(CC(=O)OC(C)(C)C)OC(=O)CCC. The molecule has 0 amide bonds. The normalized spacial score (nSPS) is 12.4. The molecule has 0 N–H and O–H groups in total. The highest BCUT2D eigenvalue weighted by Crippen LogP contribution is 2.12. The molecule has 22 heavy (non-hydrogen) atoms. The van der Waals surface area contributed by atoms with Crippen molar-refractivity contribution >= 4 is 17.9 Å². The first kappa shape index (κ1) is 20.4. The van der Waals surface area contributed by atoms with Crippen LogP contribution in [0.25, 0.3) is 0 Å². The average molecular weight is 316 g/mol. The molecule has 6 nitrogen and oxygen atoms in total. The van der Waals surface area contributed by atoms with Crippen LogP contribution in [0, 0.1) is 0 Å². The molecule has 0 aromatic heterocycles. The Balaban J connectivity index is 4.54. The summed E-state index contributed by atoms with van der Waals surface area (Å²) in [6.45, 7) is 8.85. The second kappa shape index (κ2) is 10.2. The predicted octanol–water partition coefficient (Wildman–Crippen LogP) is 2.77. The van der Waals surface area contributed by atoms with Crippen LogP contribution in [-0.2, 0) is 28.6 Å². The van der Waals surface area contributed by atoms with E-state index in [1.807, 2.05) is 13.8 Å². The molecule has 0 aromatic rings. The Bertz CT molecular complexity index is 369. The quantitative estimate of drug-likeness (QED) is 0.481. The standard InChI is InChI=1S/C16H28O6/c1-6-8-13(17)20-11-12(21-14(18)9-7-2)10-15(19)22-16(3,4)5/h12H,6-11H2,1-5H3. The third-order valence-electron chi connectivity index (χ3n) is 2.45. The van der Waals surface area contributed by atoms with Crippen molar-refractivity contribution in [3.05, 3.63) is 0 Å². The van der Waals surface area contributed by atoms with Gasteiger partial charge >= 0.3 is 17.9 Å². The van der Waals surface area contributed by atoms with Crippen molar-refractivity contribution < 1.29 is 28.6 Å². The van der Waals surface area contributed by atoms with E-state index in [0.717, 1.165) is 0 Å². The minimum Gasteiger partial charge on any atom is -0.462 e. The van der Waals surface area contributed by atoms with Crippen LogP contribution in [0.4, 0.5) is 0 Å². The number of carbonyl (C=O) groups excluding carboxylic acids is 3. The molecule has 0 aromatic carbocycles. The van der Waals surface area contributed by atoms with E-state index in [4.69, 9.17) is 14.2 Å². The van der Waals surface area contributed by atoms with Crippen molar-refractivity contribution in [2.75, 3.05) is 6.61 Å². The van der Waals surface area contributed by atoms with E-state index >= 15 is 0 Å². The van der Waals surface area contributed by atoms with E-state index < -0.39 is 23.6 Å². The Hall–Kier alpha value is -1.59. The van der Waals surface area contributed by atoms with E-state index in [1.54, 1.807) is 20.8 Å². The summed E-state index contributed by atoms with van der Waals surface area (Å²) < 4.78 is 15.4. The van der Waals surface area contributed by atoms with Crippen LogP contribution in [0.1, 0.15) is 66.7 Å². The summed E-state index contributed by atoms with van der Waals surface area (Å²) in [7, 11) is 0. The molecule has 1 atom stereocenters. The first-order valence-corrected chi connectivity index (χ1v) is 7.74. The molecule has 0 heterocycles. The van der Waals surface area contributed by atoms with Crippen LogP contribution in [0.5, 0.6) is 0 Å². The highest BCUT2D eigenvalue weighted by Gasteiger charge is 2.24. The lowest BCUT2D eigenvalue weighted by Crippen LogP contribution is -2.31. The summed E-state index contributed by atoms with van der Waals surface area (Å²) in [5.74, 6) is -1.28. The fourth-order valence-corrected chi connectivity index (χ4v) is 1.61. The maximum absolute atomic E-state index is 11.8. The van der Waals surface area contributed by atoms with E-state index in [9.17, 15) is 14.4 Å². The molecule has 0 spiro atoms. The monoisotopic (exact) mass is 316 g/mol. The third kappa shape index (κ3) is 11.1. The molecule has 6 heteroatoms. The second-order valence-electron chi connectivity index (χ2n) is 6.09. The molecule has 0 rings (SSSR count). The molecular formula is C16H28O6. The molecule has 0 bridgehead atoms. The Kier molecular flexibility index (Phi) is 9.45. The summed E-state index contributed by atoms with van der Waals surface area (Å²) >= 11 is 0. The van der Waals surface area contributed by atoms with E-state index in [-0.39, 0.29) is 25.4 Å². The zero-order valence-electron chi connectivity index (χ0n) is 14.3. The van der Waals surface area contributed by atoms with Crippen molar-refractivity contribution in [3.63, 3.8) is 0 Å². The number of hydrogen-bond acceptors (Lipinski definition) is 6. The minimum atomic E-state index is -0.810. The molecule has 1 unspecified atom stereocenters. The number of hydrogen-bond donors (Lipinski definition) is 0. The zero-order chi connectivity index (χ0) is 17.2. The van der Waals surface area contributed by atoms with E-state index in [1.165, 1.54) is 0 Å². The molecule has 0 aliphatic heterocycles. The molecule has 0 fully saturated rings. The lowest BCUT2D eigenvalue weighted by atomic mass is 10.2. The summed E-state index contributed by atoms with van der Waals surface area (Å²) in [6, 6.07) is 0. The largest absolute Gasteiger partial charge is 0.462 e. The third-order valence-corrected chi connectivity index (χ3v) is 2.45. The van der Waals surface area contributed by atoms with Gasteiger partial charge in [-0.15, -0.1) is 0 Å². The van der Waals surface area contributed by atoms with Crippen molar-refractivity contribution in [1.29, 1.82) is 0 Å². The molecule has 0 saturated heterocycles. The molecule has 0 radical (unpaired) electrons. The molecule has 0 aliphatic rings. The van der Waals surface area contributed by atoms with Gasteiger partial charge in [0.25, 0.3) is 0 Å². The van der Waals surface area contributed by atoms with Crippen LogP contribution >= 0.6 is 0 Å². The van der Waals surface area contributed by atoms with Crippen molar-refractivity contribution in [1.82, 2.24) is 0 Å². The molecule has 128 valence electrons. The number of ether oxygens (including phenoxy) is 3. The van der Waals surface area contributed by atoms with Crippen molar-refractivity contribution in [2.45, 2.75) is 78.4 Å². The summed E-state index contributed by atoms with van der Waals surface area (Å²) in [5, 5.41) is 0. The van der Waals surface area contributed by atoms with Crippen LogP contribution in [0.15, 0.2) is 0 Å². The number of carbonyl (C=O) groups is 3. The summed E-state index contributed by atoms with van der Waals surface area (Å²) in [4.78, 5) is 34.8. The van der Waals surface area contributed by atoms with Crippen LogP contribution in [-0.4, -0.2) is 36.2 Å². The highest BCUT2D eigenvalue weighted by atomic mass is 16.6. The maximum atomic E-state index is 11.8. The summed E-state index contributed by atoms with van der Waals surface area (Å²) in [5.41, 5.74) is -0.617. The lowest BCUT2D eigenvalue weighted by Gasteiger charge is -2.22. The lowest BCUT2D eigenvalue weighted by molar-refractivity contribution is -0.167. The van der Waals surface area contributed by atoms with Crippen LogP contribution in [0.3, 0.4) is 0 Å². The Morgan fingerprint density at radius 3 is 1.95 bits per heavy atom. The average Bonchev–Trinajstić information content (AvgIpc) is 2.34. The van der Waals surface area contributed by atoms with Crippen molar-refractivity contribution in [2.24, 2.45) is 0 Å². The van der Waals surface area contributed by atoms with Gasteiger partial charge in [0.15, 0.2) is 0 Å². The van der Waals surface area contributed by atoms with E-state index in [0.29, 0.717) is 19.3 Å². The van der Waals surface area contributed by atoms with Gasteiger partial charge in [-0.2, -0.15) is 0 Å². The van der Waals surface area contributed by atoms with Crippen molar-refractivity contribution in [3.8, 4) is 0 Å². The predicted molar refractivity (Wildman–Crippen MR) is 81.1 cm³/mol.